The van der Waals surface area contributed by atoms with E-state index >= 15 is 0 Å². The molecule has 0 aliphatic heterocycles. The van der Waals surface area contributed by atoms with Crippen molar-refractivity contribution in [1.29, 1.82) is 0 Å². The fourth-order valence-corrected chi connectivity index (χ4v) is 3.93. The first-order valence-corrected chi connectivity index (χ1v) is 8.36. The van der Waals surface area contributed by atoms with E-state index < -0.39 is 0 Å². The Labute approximate surface area is 138 Å². The first-order valence-electron chi connectivity index (χ1n) is 7.48. The minimum absolute atomic E-state index is 0.0635. The minimum Gasteiger partial charge on any atom is -0.309 e. The van der Waals surface area contributed by atoms with Crippen molar-refractivity contribution in [2.45, 2.75) is 0 Å². The van der Waals surface area contributed by atoms with E-state index in [-0.39, 0.29) is 5.56 Å². The predicted octanol–water partition coefficient (Wildman–Crippen LogP) is 4.93. The van der Waals surface area contributed by atoms with Crippen molar-refractivity contribution in [2.24, 2.45) is 7.05 Å². The summed E-state index contributed by atoms with van der Waals surface area (Å²) in [5.41, 5.74) is 4.33. The Hall–Kier alpha value is -2.65. The number of pyridine rings is 1. The normalized spacial score (nSPS) is 11.0. The third-order valence-corrected chi connectivity index (χ3v) is 5.02. The van der Waals surface area contributed by atoms with Crippen LogP contribution in [0.3, 0.4) is 0 Å². The Balaban J connectivity index is 2.20. The van der Waals surface area contributed by atoms with Crippen LogP contribution in [0.4, 0.5) is 0 Å². The maximum absolute atomic E-state index is 12.7. The molecule has 2 nitrogen and oxygen atoms in total. The molecule has 0 amide bonds. The molecule has 3 heteroatoms. The molecule has 2 heterocycles. The molecule has 0 saturated heterocycles. The Morgan fingerprint density at radius 2 is 1.43 bits per heavy atom. The van der Waals surface area contributed by atoms with Gasteiger partial charge in [-0.2, -0.15) is 0 Å². The van der Waals surface area contributed by atoms with Crippen molar-refractivity contribution in [3.05, 3.63) is 82.5 Å². The molecular formula is C20H15NOS. The van der Waals surface area contributed by atoms with Crippen LogP contribution in [0.5, 0.6) is 0 Å². The van der Waals surface area contributed by atoms with E-state index in [1.54, 1.807) is 4.57 Å². The smallest absolute Gasteiger partial charge is 0.268 e. The predicted molar refractivity (Wildman–Crippen MR) is 97.9 cm³/mol. The van der Waals surface area contributed by atoms with Crippen LogP contribution in [0.1, 0.15) is 0 Å². The van der Waals surface area contributed by atoms with E-state index in [2.05, 4.69) is 30.3 Å². The van der Waals surface area contributed by atoms with Gasteiger partial charge in [-0.05, 0) is 22.6 Å². The fourth-order valence-electron chi connectivity index (χ4n) is 3.05. The summed E-state index contributed by atoms with van der Waals surface area (Å²) in [4.78, 5) is 12.7. The maximum atomic E-state index is 12.7. The number of fused-ring (bicyclic) bond motifs is 1. The number of rotatable bonds is 2. The molecule has 0 aliphatic carbocycles. The number of hydrogen-bond acceptors (Lipinski definition) is 2. The van der Waals surface area contributed by atoms with E-state index in [0.717, 1.165) is 32.5 Å². The largest absolute Gasteiger partial charge is 0.309 e. The Bertz CT molecular complexity index is 1030. The molecule has 0 fully saturated rings. The zero-order valence-corrected chi connectivity index (χ0v) is 13.5. The lowest BCUT2D eigenvalue weighted by atomic mass is 9.96. The summed E-state index contributed by atoms with van der Waals surface area (Å²) < 4.78 is 2.59. The molecule has 4 rings (SSSR count). The van der Waals surface area contributed by atoms with E-state index in [1.807, 2.05) is 48.8 Å². The Kier molecular flexibility index (Phi) is 3.36. The van der Waals surface area contributed by atoms with Crippen LogP contribution in [0, 0.1) is 0 Å². The summed E-state index contributed by atoms with van der Waals surface area (Å²) in [6, 6.07) is 22.5. The van der Waals surface area contributed by atoms with E-state index in [0.29, 0.717) is 0 Å². The summed E-state index contributed by atoms with van der Waals surface area (Å²) in [7, 11) is 1.86. The second-order valence-corrected chi connectivity index (χ2v) is 6.40. The van der Waals surface area contributed by atoms with Gasteiger partial charge in [-0.1, -0.05) is 60.7 Å². The molecule has 0 atom stereocenters. The van der Waals surface area contributed by atoms with Crippen LogP contribution in [-0.4, -0.2) is 4.57 Å². The van der Waals surface area contributed by atoms with Gasteiger partial charge in [0.05, 0.1) is 5.69 Å². The second-order valence-electron chi connectivity index (χ2n) is 5.48. The summed E-state index contributed by atoms with van der Waals surface area (Å²) in [5.74, 6) is 0. The molecule has 0 unspecified atom stereocenters. The molecule has 0 N–H and O–H groups in total. The molecule has 0 bridgehead atoms. The zero-order chi connectivity index (χ0) is 15.8. The van der Waals surface area contributed by atoms with Crippen LogP contribution in [0.25, 0.3) is 32.5 Å². The van der Waals surface area contributed by atoms with Crippen molar-refractivity contribution >= 4 is 21.4 Å². The third-order valence-electron chi connectivity index (χ3n) is 4.12. The van der Waals surface area contributed by atoms with Gasteiger partial charge >= 0.3 is 0 Å². The van der Waals surface area contributed by atoms with Gasteiger partial charge in [0.15, 0.2) is 0 Å². The minimum atomic E-state index is 0.0635. The summed E-state index contributed by atoms with van der Waals surface area (Å²) in [6.07, 6.45) is 0. The van der Waals surface area contributed by atoms with Gasteiger partial charge < -0.3 is 4.57 Å². The van der Waals surface area contributed by atoms with Crippen LogP contribution in [0.2, 0.25) is 0 Å². The van der Waals surface area contributed by atoms with Crippen LogP contribution < -0.4 is 5.56 Å². The standard InChI is InChI=1S/C20H15NOS/c1-21-18(15-10-6-3-7-11-15)17(14-8-4-2-5-9-14)16-12-13-23-19(16)20(21)22/h2-13H,1H3. The molecule has 4 aromatic rings. The second kappa shape index (κ2) is 5.52. The Morgan fingerprint density at radius 1 is 0.826 bits per heavy atom. The van der Waals surface area contributed by atoms with Gasteiger partial charge in [-0.25, -0.2) is 0 Å². The highest BCUT2D eigenvalue weighted by atomic mass is 32.1. The molecule has 2 aromatic heterocycles. The van der Waals surface area contributed by atoms with E-state index in [4.69, 9.17) is 0 Å². The zero-order valence-electron chi connectivity index (χ0n) is 12.7. The van der Waals surface area contributed by atoms with Crippen molar-refractivity contribution in [2.75, 3.05) is 0 Å². The summed E-state index contributed by atoms with van der Waals surface area (Å²) in [5, 5.41) is 3.02. The molecule has 0 aliphatic rings. The number of nitrogens with zero attached hydrogens (tertiary/aromatic N) is 1. The molecule has 0 spiro atoms. The Morgan fingerprint density at radius 3 is 2.09 bits per heavy atom. The molecule has 0 saturated carbocycles. The van der Waals surface area contributed by atoms with E-state index in [1.165, 1.54) is 11.3 Å². The quantitative estimate of drug-likeness (QED) is 0.513. The molecule has 23 heavy (non-hydrogen) atoms. The van der Waals surface area contributed by atoms with Gasteiger partial charge in [-0.15, -0.1) is 11.3 Å². The van der Waals surface area contributed by atoms with Gasteiger partial charge in [0.1, 0.15) is 4.70 Å². The lowest BCUT2D eigenvalue weighted by Crippen LogP contribution is -2.18. The van der Waals surface area contributed by atoms with Gasteiger partial charge in [0.25, 0.3) is 5.56 Å². The third kappa shape index (κ3) is 2.21. The average Bonchev–Trinajstić information content (AvgIpc) is 3.09. The fraction of sp³-hybridized carbons (Fsp3) is 0.0500. The van der Waals surface area contributed by atoms with Crippen molar-refractivity contribution < 1.29 is 0 Å². The number of thiophene rings is 1. The van der Waals surface area contributed by atoms with Crippen LogP contribution in [-0.2, 0) is 7.05 Å². The lowest BCUT2D eigenvalue weighted by molar-refractivity contribution is 0.887. The summed E-state index contributed by atoms with van der Waals surface area (Å²) in [6.45, 7) is 0. The first kappa shape index (κ1) is 14.0. The molecular weight excluding hydrogens is 302 g/mol. The van der Waals surface area contributed by atoms with Crippen molar-refractivity contribution in [3.63, 3.8) is 0 Å². The van der Waals surface area contributed by atoms with Crippen LogP contribution in [0.15, 0.2) is 76.9 Å². The molecule has 0 radical (unpaired) electrons. The van der Waals surface area contributed by atoms with E-state index in [9.17, 15) is 4.79 Å². The number of hydrogen-bond donors (Lipinski definition) is 0. The number of aromatic nitrogens is 1. The highest BCUT2D eigenvalue weighted by Gasteiger charge is 2.18. The summed E-state index contributed by atoms with van der Waals surface area (Å²) >= 11 is 1.51. The van der Waals surface area contributed by atoms with Crippen molar-refractivity contribution in [1.82, 2.24) is 4.57 Å². The SMILES string of the molecule is Cn1c(-c2ccccc2)c(-c2ccccc2)c2ccsc2c1=O. The topological polar surface area (TPSA) is 22.0 Å². The van der Waals surface area contributed by atoms with Gasteiger partial charge in [0.2, 0.25) is 0 Å². The van der Waals surface area contributed by atoms with Gasteiger partial charge in [0, 0.05) is 18.0 Å². The number of benzene rings is 2. The monoisotopic (exact) mass is 317 g/mol. The maximum Gasteiger partial charge on any atom is 0.268 e. The van der Waals surface area contributed by atoms with Crippen molar-refractivity contribution in [3.8, 4) is 22.4 Å². The lowest BCUT2D eigenvalue weighted by Gasteiger charge is -2.16. The first-order chi connectivity index (χ1) is 11.3. The van der Waals surface area contributed by atoms with Gasteiger partial charge in [-0.3, -0.25) is 4.79 Å². The molecule has 2 aromatic carbocycles. The highest BCUT2D eigenvalue weighted by molar-refractivity contribution is 7.17. The van der Waals surface area contributed by atoms with Crippen LogP contribution >= 0.6 is 11.3 Å². The average molecular weight is 317 g/mol. The highest BCUT2D eigenvalue weighted by Crippen LogP contribution is 2.37. The molecule has 112 valence electrons.